The first-order valence-electron chi connectivity index (χ1n) is 4.63. The molecule has 5 heteroatoms. The van der Waals surface area contributed by atoms with E-state index in [4.69, 9.17) is 10.5 Å². The fourth-order valence-corrected chi connectivity index (χ4v) is 1.56. The summed E-state index contributed by atoms with van der Waals surface area (Å²) in [4.78, 5) is 0. The number of hydrazone groups is 1. The molecule has 4 nitrogen and oxygen atoms in total. The van der Waals surface area contributed by atoms with Crippen LogP contribution in [0.3, 0.4) is 0 Å². The number of nitrogens with one attached hydrogen (secondary N) is 1. The molecule has 1 rings (SSSR count). The number of benzene rings is 1. The Morgan fingerprint density at radius 3 is 2.69 bits per heavy atom. The Labute approximate surface area is 102 Å². The molecule has 0 bridgehead atoms. The maximum Gasteiger partial charge on any atom is 0.237 e. The summed E-state index contributed by atoms with van der Waals surface area (Å²) in [5.41, 5.74) is 4.39. The Balaban J connectivity index is 2.95. The average molecular weight is 277 g/mol. The Kier molecular flexibility index (Phi) is 4.50. The molecule has 0 amide bonds. The third kappa shape index (κ3) is 3.08. The fraction of sp³-hybridized carbons (Fsp3) is 0.182. The van der Waals surface area contributed by atoms with Gasteiger partial charge in [0.1, 0.15) is 12.1 Å². The zero-order valence-electron chi connectivity index (χ0n) is 8.66. The van der Waals surface area contributed by atoms with Crippen LogP contribution in [0.5, 0.6) is 0 Å². The van der Waals surface area contributed by atoms with Crippen LogP contribution in [0.15, 0.2) is 27.8 Å². The van der Waals surface area contributed by atoms with Gasteiger partial charge in [0.15, 0.2) is 0 Å². The van der Waals surface area contributed by atoms with Gasteiger partial charge in [0.2, 0.25) is 5.71 Å². The molecule has 0 spiro atoms. The summed E-state index contributed by atoms with van der Waals surface area (Å²) < 4.78 is 0.986. The van der Waals surface area contributed by atoms with Crippen molar-refractivity contribution >= 4 is 27.3 Å². The minimum Gasteiger partial charge on any atom is -0.276 e. The molecule has 1 aromatic carbocycles. The first kappa shape index (κ1) is 12.2. The van der Waals surface area contributed by atoms with Crippen LogP contribution in [0, 0.1) is 22.7 Å². The van der Waals surface area contributed by atoms with Gasteiger partial charge in [-0.05, 0) is 30.2 Å². The van der Waals surface area contributed by atoms with E-state index in [-0.39, 0.29) is 5.71 Å². The zero-order valence-corrected chi connectivity index (χ0v) is 10.2. The lowest BCUT2D eigenvalue weighted by atomic mass is 10.1. The van der Waals surface area contributed by atoms with Crippen LogP contribution >= 0.6 is 15.9 Å². The molecule has 80 valence electrons. The molecule has 0 unspecified atom stereocenters. The van der Waals surface area contributed by atoms with E-state index in [0.29, 0.717) is 0 Å². The van der Waals surface area contributed by atoms with E-state index >= 15 is 0 Å². The number of nitrogens with zero attached hydrogens (tertiary/aromatic N) is 3. The first-order valence-corrected chi connectivity index (χ1v) is 5.43. The summed E-state index contributed by atoms with van der Waals surface area (Å²) in [6, 6.07) is 9.06. The summed E-state index contributed by atoms with van der Waals surface area (Å²) in [5, 5.41) is 20.7. The second-order valence-electron chi connectivity index (χ2n) is 2.95. The molecule has 0 aliphatic carbocycles. The van der Waals surface area contributed by atoms with Gasteiger partial charge in [0.25, 0.3) is 0 Å². The molecular weight excluding hydrogens is 268 g/mol. The van der Waals surface area contributed by atoms with Gasteiger partial charge in [0, 0.05) is 4.47 Å². The highest BCUT2D eigenvalue weighted by atomic mass is 79.9. The van der Waals surface area contributed by atoms with E-state index in [1.165, 1.54) is 0 Å². The molecule has 0 radical (unpaired) electrons. The Hall–Kier alpha value is -1.85. The molecule has 16 heavy (non-hydrogen) atoms. The Morgan fingerprint density at radius 1 is 1.44 bits per heavy atom. The molecule has 0 aliphatic heterocycles. The van der Waals surface area contributed by atoms with Crippen molar-refractivity contribution in [3.63, 3.8) is 0 Å². The van der Waals surface area contributed by atoms with Gasteiger partial charge in [0.05, 0.1) is 5.69 Å². The smallest absolute Gasteiger partial charge is 0.237 e. The summed E-state index contributed by atoms with van der Waals surface area (Å²) in [6.07, 6.45) is 0.839. The van der Waals surface area contributed by atoms with Gasteiger partial charge < -0.3 is 0 Å². The molecule has 1 aromatic rings. The summed E-state index contributed by atoms with van der Waals surface area (Å²) in [7, 11) is 0. The SMILES string of the molecule is CCc1cc(Br)ccc1NN=C(C#N)C#N. The third-order valence-corrected chi connectivity index (χ3v) is 2.44. The van der Waals surface area contributed by atoms with Crippen LogP contribution < -0.4 is 5.43 Å². The number of hydrogen-bond donors (Lipinski definition) is 1. The summed E-state index contributed by atoms with van der Waals surface area (Å²) >= 11 is 3.38. The second kappa shape index (κ2) is 5.89. The minimum atomic E-state index is -0.190. The van der Waals surface area contributed by atoms with Gasteiger partial charge in [-0.1, -0.05) is 22.9 Å². The molecule has 0 aromatic heterocycles. The second-order valence-corrected chi connectivity index (χ2v) is 3.87. The lowest BCUT2D eigenvalue weighted by molar-refractivity contribution is 1.12. The highest BCUT2D eigenvalue weighted by Gasteiger charge is 2.01. The third-order valence-electron chi connectivity index (χ3n) is 1.95. The molecule has 0 aliphatic rings. The van der Waals surface area contributed by atoms with Crippen molar-refractivity contribution in [2.24, 2.45) is 5.10 Å². The van der Waals surface area contributed by atoms with E-state index in [2.05, 4.69) is 26.5 Å². The fourth-order valence-electron chi connectivity index (χ4n) is 1.16. The number of halogens is 1. The van der Waals surface area contributed by atoms with Crippen LogP contribution in [0.2, 0.25) is 0 Å². The van der Waals surface area contributed by atoms with Crippen molar-refractivity contribution in [2.75, 3.05) is 5.43 Å². The van der Waals surface area contributed by atoms with Gasteiger partial charge in [-0.25, -0.2) is 0 Å². The van der Waals surface area contributed by atoms with Crippen molar-refractivity contribution in [1.82, 2.24) is 0 Å². The highest BCUT2D eigenvalue weighted by molar-refractivity contribution is 9.10. The van der Waals surface area contributed by atoms with E-state index < -0.39 is 0 Å². The largest absolute Gasteiger partial charge is 0.276 e. The number of hydrogen-bond acceptors (Lipinski definition) is 4. The maximum absolute atomic E-state index is 8.52. The van der Waals surface area contributed by atoms with E-state index in [1.54, 1.807) is 12.1 Å². The minimum absolute atomic E-state index is 0.190. The molecule has 0 atom stereocenters. The Morgan fingerprint density at radius 2 is 2.12 bits per heavy atom. The van der Waals surface area contributed by atoms with Crippen LogP contribution in [-0.2, 0) is 6.42 Å². The van der Waals surface area contributed by atoms with Crippen molar-refractivity contribution in [3.05, 3.63) is 28.2 Å². The number of nitriles is 2. The topological polar surface area (TPSA) is 72.0 Å². The lowest BCUT2D eigenvalue weighted by Crippen LogP contribution is -1.99. The zero-order chi connectivity index (χ0) is 12.0. The first-order chi connectivity index (χ1) is 7.71. The predicted molar refractivity (Wildman–Crippen MR) is 65.8 cm³/mol. The molecular formula is C11H9BrN4. The van der Waals surface area contributed by atoms with E-state index in [1.807, 2.05) is 25.1 Å². The van der Waals surface area contributed by atoms with Gasteiger partial charge in [-0.3, -0.25) is 5.43 Å². The highest BCUT2D eigenvalue weighted by Crippen LogP contribution is 2.21. The number of rotatable bonds is 3. The monoisotopic (exact) mass is 276 g/mol. The quantitative estimate of drug-likeness (QED) is 0.682. The number of anilines is 1. The van der Waals surface area contributed by atoms with Crippen molar-refractivity contribution in [3.8, 4) is 12.1 Å². The van der Waals surface area contributed by atoms with Gasteiger partial charge in [-0.2, -0.15) is 15.6 Å². The van der Waals surface area contributed by atoms with Gasteiger partial charge >= 0.3 is 0 Å². The van der Waals surface area contributed by atoms with Crippen molar-refractivity contribution < 1.29 is 0 Å². The van der Waals surface area contributed by atoms with Crippen LogP contribution in [0.1, 0.15) is 12.5 Å². The summed E-state index contributed by atoms with van der Waals surface area (Å²) in [6.45, 7) is 2.02. The molecule has 0 fully saturated rings. The van der Waals surface area contributed by atoms with Crippen LogP contribution in [0.4, 0.5) is 5.69 Å². The van der Waals surface area contributed by atoms with Crippen LogP contribution in [-0.4, -0.2) is 5.71 Å². The van der Waals surface area contributed by atoms with E-state index in [9.17, 15) is 0 Å². The normalized spacial score (nSPS) is 8.75. The summed E-state index contributed by atoms with van der Waals surface area (Å²) in [5.74, 6) is 0. The van der Waals surface area contributed by atoms with Crippen molar-refractivity contribution in [1.29, 1.82) is 10.5 Å². The van der Waals surface area contributed by atoms with E-state index in [0.717, 1.165) is 22.1 Å². The number of aryl methyl sites for hydroxylation is 1. The molecule has 1 N–H and O–H groups in total. The molecule has 0 saturated carbocycles. The maximum atomic E-state index is 8.52. The standard InChI is InChI=1S/C11H9BrN4/c1-2-8-5-9(12)3-4-11(8)16-15-10(6-13)7-14/h3-5,16H,2H2,1H3. The molecule has 0 heterocycles. The lowest BCUT2D eigenvalue weighted by Gasteiger charge is -2.06. The van der Waals surface area contributed by atoms with Gasteiger partial charge in [-0.15, -0.1) is 0 Å². The van der Waals surface area contributed by atoms with Crippen LogP contribution in [0.25, 0.3) is 0 Å². The Bertz CT molecular complexity index is 478. The van der Waals surface area contributed by atoms with Crippen molar-refractivity contribution in [2.45, 2.75) is 13.3 Å². The predicted octanol–water partition coefficient (Wildman–Crippen LogP) is 2.83. The molecule has 0 saturated heterocycles. The average Bonchev–Trinajstić information content (AvgIpc) is 2.31.